The molecule has 8 heteroatoms. The lowest BCUT2D eigenvalue weighted by Crippen LogP contribution is -2.55. The number of hydrogen-bond donors (Lipinski definition) is 3. The highest BCUT2D eigenvalue weighted by Gasteiger charge is 2.43. The van der Waals surface area contributed by atoms with E-state index in [9.17, 15) is 19.8 Å². The first-order valence-corrected chi connectivity index (χ1v) is 9.30. The first kappa shape index (κ1) is 18.0. The lowest BCUT2D eigenvalue weighted by atomic mass is 9.74. The van der Waals surface area contributed by atoms with Gasteiger partial charge in [0.2, 0.25) is 0 Å². The molecule has 1 aliphatic heterocycles. The maximum absolute atomic E-state index is 13.0. The standard InChI is InChI=1S/C17H23N3O4S/c1-3-5-17(8-21)7-20(6-4-11(17)22)16(24)13-10(2)12-14(23)18-9-19-15(12)25-13/h9,11,21-22H,3-8H2,1-2H3,(H,18,19,23)/t11-,17+/m1/s1. The fourth-order valence-electron chi connectivity index (χ4n) is 3.73. The molecule has 0 saturated carbocycles. The van der Waals surface area contributed by atoms with Gasteiger partial charge in [0.1, 0.15) is 4.83 Å². The fraction of sp³-hybridized carbons (Fsp3) is 0.588. The van der Waals surface area contributed by atoms with Gasteiger partial charge in [0, 0.05) is 18.5 Å². The van der Waals surface area contributed by atoms with Crippen LogP contribution in [0.1, 0.15) is 41.4 Å². The van der Waals surface area contributed by atoms with Crippen molar-refractivity contribution in [3.8, 4) is 0 Å². The first-order chi connectivity index (χ1) is 11.9. The van der Waals surface area contributed by atoms with Crippen LogP contribution in [-0.4, -0.2) is 56.8 Å². The second-order valence-corrected chi connectivity index (χ2v) is 7.77. The minimum Gasteiger partial charge on any atom is -0.396 e. The van der Waals surface area contributed by atoms with E-state index in [0.717, 1.165) is 6.42 Å². The zero-order valence-electron chi connectivity index (χ0n) is 14.4. The van der Waals surface area contributed by atoms with Gasteiger partial charge in [-0.3, -0.25) is 9.59 Å². The zero-order chi connectivity index (χ0) is 18.2. The lowest BCUT2D eigenvalue weighted by molar-refractivity contribution is -0.0719. The molecule has 3 rings (SSSR count). The smallest absolute Gasteiger partial charge is 0.264 e. The van der Waals surface area contributed by atoms with Gasteiger partial charge < -0.3 is 20.1 Å². The van der Waals surface area contributed by atoms with E-state index >= 15 is 0 Å². The molecular formula is C17H23N3O4S. The molecule has 1 amide bonds. The molecule has 0 aromatic carbocycles. The highest BCUT2D eigenvalue weighted by atomic mass is 32.1. The van der Waals surface area contributed by atoms with Crippen LogP contribution in [-0.2, 0) is 0 Å². The van der Waals surface area contributed by atoms with Gasteiger partial charge in [-0.05, 0) is 25.3 Å². The van der Waals surface area contributed by atoms with Crippen molar-refractivity contribution in [1.82, 2.24) is 14.9 Å². The summed E-state index contributed by atoms with van der Waals surface area (Å²) < 4.78 is 0. The molecule has 3 heterocycles. The summed E-state index contributed by atoms with van der Waals surface area (Å²) in [5.74, 6) is -0.166. The number of rotatable bonds is 4. The molecule has 0 bridgehead atoms. The number of aliphatic hydroxyl groups is 2. The van der Waals surface area contributed by atoms with Gasteiger partial charge in [0.15, 0.2) is 0 Å². The van der Waals surface area contributed by atoms with Gasteiger partial charge in [-0.1, -0.05) is 13.3 Å². The van der Waals surface area contributed by atoms with Crippen LogP contribution in [0.3, 0.4) is 0 Å². The summed E-state index contributed by atoms with van der Waals surface area (Å²) in [5.41, 5.74) is -0.290. The van der Waals surface area contributed by atoms with Crippen molar-refractivity contribution in [3.63, 3.8) is 0 Å². The van der Waals surface area contributed by atoms with Crippen LogP contribution < -0.4 is 5.56 Å². The number of nitrogens with zero attached hydrogens (tertiary/aromatic N) is 2. The van der Waals surface area contributed by atoms with Gasteiger partial charge in [-0.15, -0.1) is 11.3 Å². The number of aromatic nitrogens is 2. The maximum Gasteiger partial charge on any atom is 0.264 e. The number of fused-ring (bicyclic) bond motifs is 1. The summed E-state index contributed by atoms with van der Waals surface area (Å²) in [6.07, 6.45) is 2.63. The van der Waals surface area contributed by atoms with Crippen molar-refractivity contribution in [2.75, 3.05) is 19.7 Å². The molecule has 1 fully saturated rings. The van der Waals surface area contributed by atoms with E-state index in [2.05, 4.69) is 9.97 Å². The number of likely N-dealkylation sites (tertiary alicyclic amines) is 1. The van der Waals surface area contributed by atoms with Gasteiger partial charge in [0.05, 0.1) is 29.3 Å². The molecule has 25 heavy (non-hydrogen) atoms. The Bertz CT molecular complexity index is 846. The van der Waals surface area contributed by atoms with Crippen LogP contribution in [0.2, 0.25) is 0 Å². The Kier molecular flexibility index (Phi) is 4.95. The van der Waals surface area contributed by atoms with Crippen LogP contribution in [0.4, 0.5) is 0 Å². The van der Waals surface area contributed by atoms with Crippen LogP contribution in [0.25, 0.3) is 10.2 Å². The topological polar surface area (TPSA) is 107 Å². The Hall–Kier alpha value is -1.77. The number of piperidine rings is 1. The van der Waals surface area contributed by atoms with E-state index in [4.69, 9.17) is 0 Å². The predicted octanol–water partition coefficient (Wildman–Crippen LogP) is 1.28. The van der Waals surface area contributed by atoms with E-state index in [1.165, 1.54) is 17.7 Å². The minimum absolute atomic E-state index is 0.154. The van der Waals surface area contributed by atoms with Gasteiger partial charge in [-0.2, -0.15) is 0 Å². The minimum atomic E-state index is -0.678. The molecule has 0 unspecified atom stereocenters. The SMILES string of the molecule is CCC[C@@]1(CO)CN(C(=O)c2sc3nc[nH]c(=O)c3c2C)CC[C@H]1O. The van der Waals surface area contributed by atoms with Crippen molar-refractivity contribution in [2.45, 2.75) is 39.2 Å². The molecule has 2 aromatic rings. The lowest BCUT2D eigenvalue weighted by Gasteiger charge is -2.45. The number of amides is 1. The first-order valence-electron chi connectivity index (χ1n) is 8.48. The van der Waals surface area contributed by atoms with E-state index in [0.29, 0.717) is 46.6 Å². The Morgan fingerprint density at radius 3 is 2.96 bits per heavy atom. The summed E-state index contributed by atoms with van der Waals surface area (Å²) >= 11 is 1.21. The van der Waals surface area contributed by atoms with Gasteiger partial charge >= 0.3 is 0 Å². The molecule has 2 atom stereocenters. The average Bonchev–Trinajstić information content (AvgIpc) is 2.94. The molecule has 136 valence electrons. The second-order valence-electron chi connectivity index (χ2n) is 6.77. The molecule has 3 N–H and O–H groups in total. The third-order valence-corrected chi connectivity index (χ3v) is 6.35. The largest absolute Gasteiger partial charge is 0.396 e. The molecule has 1 aliphatic rings. The monoisotopic (exact) mass is 365 g/mol. The molecule has 2 aromatic heterocycles. The second kappa shape index (κ2) is 6.86. The number of carbonyl (C=O) groups excluding carboxylic acids is 1. The third-order valence-electron chi connectivity index (χ3n) is 5.16. The Balaban J connectivity index is 1.95. The van der Waals surface area contributed by atoms with E-state index in [1.807, 2.05) is 6.92 Å². The maximum atomic E-state index is 13.0. The summed E-state index contributed by atoms with van der Waals surface area (Å²) in [6.45, 7) is 4.35. The van der Waals surface area contributed by atoms with Crippen LogP contribution >= 0.6 is 11.3 Å². The molecular weight excluding hydrogens is 342 g/mol. The van der Waals surface area contributed by atoms with Crippen LogP contribution in [0.5, 0.6) is 0 Å². The van der Waals surface area contributed by atoms with Crippen molar-refractivity contribution in [3.05, 3.63) is 27.1 Å². The number of aromatic amines is 1. The Labute approximate surface area is 149 Å². The van der Waals surface area contributed by atoms with E-state index in [-0.39, 0.29) is 18.1 Å². The van der Waals surface area contributed by atoms with Crippen molar-refractivity contribution >= 4 is 27.5 Å². The highest BCUT2D eigenvalue weighted by molar-refractivity contribution is 7.20. The predicted molar refractivity (Wildman–Crippen MR) is 95.9 cm³/mol. The number of nitrogens with one attached hydrogen (secondary N) is 1. The highest BCUT2D eigenvalue weighted by Crippen LogP contribution is 2.36. The number of thiophene rings is 1. The van der Waals surface area contributed by atoms with Gasteiger partial charge in [-0.25, -0.2) is 4.98 Å². The summed E-state index contributed by atoms with van der Waals surface area (Å²) in [7, 11) is 0. The summed E-state index contributed by atoms with van der Waals surface area (Å²) in [6, 6.07) is 0. The normalized spacial score (nSPS) is 24.0. The summed E-state index contributed by atoms with van der Waals surface area (Å²) in [5, 5.41) is 20.7. The molecule has 1 saturated heterocycles. The number of H-pyrrole nitrogens is 1. The average molecular weight is 365 g/mol. The quantitative estimate of drug-likeness (QED) is 0.757. The third kappa shape index (κ3) is 2.98. The number of carbonyl (C=O) groups is 1. The number of hydrogen-bond acceptors (Lipinski definition) is 6. The van der Waals surface area contributed by atoms with E-state index in [1.54, 1.807) is 11.8 Å². The van der Waals surface area contributed by atoms with Crippen molar-refractivity contribution < 1.29 is 15.0 Å². The van der Waals surface area contributed by atoms with Crippen LogP contribution in [0.15, 0.2) is 11.1 Å². The Morgan fingerprint density at radius 1 is 1.56 bits per heavy atom. The summed E-state index contributed by atoms with van der Waals surface area (Å²) in [4.78, 5) is 34.5. The van der Waals surface area contributed by atoms with Crippen LogP contribution in [0, 0.1) is 12.3 Å². The number of aliphatic hydroxyl groups excluding tert-OH is 2. The molecule has 0 spiro atoms. The zero-order valence-corrected chi connectivity index (χ0v) is 15.2. The fourth-order valence-corrected chi connectivity index (χ4v) is 4.84. The molecule has 7 nitrogen and oxygen atoms in total. The van der Waals surface area contributed by atoms with Crippen molar-refractivity contribution in [2.24, 2.45) is 5.41 Å². The van der Waals surface area contributed by atoms with Crippen molar-refractivity contribution in [1.29, 1.82) is 0 Å². The molecule has 0 radical (unpaired) electrons. The van der Waals surface area contributed by atoms with E-state index < -0.39 is 11.5 Å². The van der Waals surface area contributed by atoms with Gasteiger partial charge in [0.25, 0.3) is 11.5 Å². The Morgan fingerprint density at radius 2 is 2.32 bits per heavy atom. The number of aryl methyl sites for hydroxylation is 1. The molecule has 0 aliphatic carbocycles.